The minimum Gasteiger partial charge on any atom is -0.353 e. The minimum absolute atomic E-state index is 0.684. The maximum Gasteiger partial charge on any atom is 0.204 e. The van der Waals surface area contributed by atoms with Crippen molar-refractivity contribution in [1.29, 1.82) is 0 Å². The van der Waals surface area contributed by atoms with Crippen molar-refractivity contribution in [3.8, 4) is 0 Å². The third-order valence-corrected chi connectivity index (χ3v) is 4.78. The molecule has 6 nitrogen and oxygen atoms in total. The van der Waals surface area contributed by atoms with E-state index in [2.05, 4.69) is 37.1 Å². The fourth-order valence-electron chi connectivity index (χ4n) is 2.82. The van der Waals surface area contributed by atoms with Crippen LogP contribution >= 0.6 is 11.5 Å². The molecule has 1 unspecified atom stereocenters. The van der Waals surface area contributed by atoms with Crippen LogP contribution in [0.1, 0.15) is 18.1 Å². The molecule has 21 heavy (non-hydrogen) atoms. The van der Waals surface area contributed by atoms with Gasteiger partial charge in [-0.05, 0) is 19.4 Å². The molecule has 0 radical (unpaired) electrons. The summed E-state index contributed by atoms with van der Waals surface area (Å²) in [6.45, 7) is 2.97. The average Bonchev–Trinajstić information content (AvgIpc) is 3.06. The summed E-state index contributed by atoms with van der Waals surface area (Å²) >= 11 is 1.46. The summed E-state index contributed by atoms with van der Waals surface area (Å²) in [6, 6.07) is 0. The third kappa shape index (κ3) is 3.41. The number of nitrogens with zero attached hydrogens (tertiary/aromatic N) is 6. The van der Waals surface area contributed by atoms with Crippen LogP contribution in [-0.4, -0.2) is 51.5 Å². The molecule has 1 atom stereocenters. The van der Waals surface area contributed by atoms with Crippen LogP contribution in [-0.2, 0) is 19.5 Å². The lowest BCUT2D eigenvalue weighted by Gasteiger charge is -2.27. The minimum atomic E-state index is 0.684. The summed E-state index contributed by atoms with van der Waals surface area (Å²) < 4.78 is 6.72. The van der Waals surface area contributed by atoms with E-state index in [0.717, 1.165) is 37.0 Å². The lowest BCUT2D eigenvalue weighted by atomic mass is 9.99. The fraction of sp³-hybridized carbons (Fsp3) is 0.643. The molecular formula is C14H22N6S. The topological polar surface area (TPSA) is 50.1 Å². The number of hydrogen-bond acceptors (Lipinski definition) is 6. The molecular weight excluding hydrogens is 284 g/mol. The summed E-state index contributed by atoms with van der Waals surface area (Å²) in [4.78, 5) is 13.3. The molecule has 0 saturated heterocycles. The number of anilines is 1. The van der Waals surface area contributed by atoms with Crippen LogP contribution in [0, 0.1) is 5.92 Å². The lowest BCUT2D eigenvalue weighted by molar-refractivity contribution is 0.226. The Balaban J connectivity index is 1.53. The molecule has 2 aromatic rings. The summed E-state index contributed by atoms with van der Waals surface area (Å²) in [7, 11) is 6.15. The second-order valence-corrected chi connectivity index (χ2v) is 6.72. The average molecular weight is 306 g/mol. The van der Waals surface area contributed by atoms with Gasteiger partial charge in [0, 0.05) is 57.5 Å². The van der Waals surface area contributed by atoms with Gasteiger partial charge in [-0.15, -0.1) is 0 Å². The highest BCUT2D eigenvalue weighted by Gasteiger charge is 2.20. The van der Waals surface area contributed by atoms with Gasteiger partial charge in [-0.3, -0.25) is 4.90 Å². The van der Waals surface area contributed by atoms with Crippen molar-refractivity contribution in [3.63, 3.8) is 0 Å². The summed E-state index contributed by atoms with van der Waals surface area (Å²) in [6.07, 6.45) is 6.30. The summed E-state index contributed by atoms with van der Waals surface area (Å²) in [5.74, 6) is 2.83. The molecule has 1 aliphatic heterocycles. The van der Waals surface area contributed by atoms with Gasteiger partial charge in [-0.1, -0.05) is 0 Å². The van der Waals surface area contributed by atoms with Gasteiger partial charge in [-0.25, -0.2) is 9.97 Å². The zero-order valence-corrected chi connectivity index (χ0v) is 13.7. The van der Waals surface area contributed by atoms with E-state index in [0.29, 0.717) is 5.92 Å². The SMILES string of the molecule is CN(Cc1nsc(N(C)C)n1)CC1CCc2nccn2C1. The highest BCUT2D eigenvalue weighted by atomic mass is 32.1. The van der Waals surface area contributed by atoms with Crippen molar-refractivity contribution in [1.82, 2.24) is 23.8 Å². The Hall–Kier alpha value is -1.47. The number of rotatable bonds is 5. The molecule has 0 N–H and O–H groups in total. The number of hydrogen-bond donors (Lipinski definition) is 0. The molecule has 0 fully saturated rings. The van der Waals surface area contributed by atoms with Gasteiger partial charge in [0.25, 0.3) is 0 Å². The number of imidazole rings is 1. The van der Waals surface area contributed by atoms with Crippen LogP contribution in [0.4, 0.5) is 5.13 Å². The van der Waals surface area contributed by atoms with E-state index in [1.54, 1.807) is 0 Å². The fourth-order valence-corrected chi connectivity index (χ4v) is 3.42. The molecule has 0 aromatic carbocycles. The summed E-state index contributed by atoms with van der Waals surface area (Å²) in [5, 5.41) is 0.971. The molecule has 0 bridgehead atoms. The van der Waals surface area contributed by atoms with E-state index < -0.39 is 0 Å². The van der Waals surface area contributed by atoms with E-state index in [9.17, 15) is 0 Å². The van der Waals surface area contributed by atoms with Crippen molar-refractivity contribution in [2.45, 2.75) is 25.9 Å². The summed E-state index contributed by atoms with van der Waals surface area (Å²) in [5.41, 5.74) is 0. The number of aromatic nitrogens is 4. The smallest absolute Gasteiger partial charge is 0.204 e. The predicted octanol–water partition coefficient (Wildman–Crippen LogP) is 1.49. The van der Waals surface area contributed by atoms with Gasteiger partial charge in [0.2, 0.25) is 5.13 Å². The van der Waals surface area contributed by atoms with Gasteiger partial charge in [0.1, 0.15) is 5.82 Å². The monoisotopic (exact) mass is 306 g/mol. The van der Waals surface area contributed by atoms with Crippen molar-refractivity contribution in [2.75, 3.05) is 32.6 Å². The molecule has 7 heteroatoms. The Morgan fingerprint density at radius 3 is 3.00 bits per heavy atom. The van der Waals surface area contributed by atoms with Crippen LogP contribution in [0.3, 0.4) is 0 Å². The Morgan fingerprint density at radius 2 is 2.24 bits per heavy atom. The predicted molar refractivity (Wildman–Crippen MR) is 84.6 cm³/mol. The van der Waals surface area contributed by atoms with E-state index >= 15 is 0 Å². The van der Waals surface area contributed by atoms with E-state index in [-0.39, 0.29) is 0 Å². The van der Waals surface area contributed by atoms with E-state index in [4.69, 9.17) is 0 Å². The van der Waals surface area contributed by atoms with Crippen LogP contribution in [0.2, 0.25) is 0 Å². The second-order valence-electron chi connectivity index (χ2n) is 5.98. The second kappa shape index (κ2) is 6.11. The molecule has 3 rings (SSSR count). The van der Waals surface area contributed by atoms with Crippen LogP contribution in [0.15, 0.2) is 12.4 Å². The molecule has 114 valence electrons. The van der Waals surface area contributed by atoms with Crippen LogP contribution < -0.4 is 4.90 Å². The van der Waals surface area contributed by atoms with Crippen molar-refractivity contribution >= 4 is 16.7 Å². The third-order valence-electron chi connectivity index (χ3n) is 3.85. The van der Waals surface area contributed by atoms with Gasteiger partial charge in [-0.2, -0.15) is 4.37 Å². The molecule has 0 spiro atoms. The van der Waals surface area contributed by atoms with E-state index in [1.807, 2.05) is 25.2 Å². The number of fused-ring (bicyclic) bond motifs is 1. The maximum absolute atomic E-state index is 4.55. The first-order valence-corrected chi connectivity index (χ1v) is 8.07. The van der Waals surface area contributed by atoms with Crippen LogP contribution in [0.5, 0.6) is 0 Å². The molecule has 2 aromatic heterocycles. The standard InChI is InChI=1S/C14H22N6S/c1-18(2)14-16-12(17-21-14)10-19(3)8-11-4-5-13-15-6-7-20(13)9-11/h6-7,11H,4-5,8-10H2,1-3H3. The maximum atomic E-state index is 4.55. The van der Waals surface area contributed by atoms with Crippen LogP contribution in [0.25, 0.3) is 0 Å². The van der Waals surface area contributed by atoms with Gasteiger partial charge < -0.3 is 9.47 Å². The highest BCUT2D eigenvalue weighted by Crippen LogP contribution is 2.20. The van der Waals surface area contributed by atoms with Gasteiger partial charge in [0.15, 0.2) is 5.82 Å². The Kier molecular flexibility index (Phi) is 4.21. The molecule has 0 saturated carbocycles. The Bertz CT molecular complexity index is 590. The Labute approximate surface area is 129 Å². The quantitative estimate of drug-likeness (QED) is 0.838. The van der Waals surface area contributed by atoms with E-state index in [1.165, 1.54) is 23.8 Å². The zero-order valence-electron chi connectivity index (χ0n) is 12.9. The van der Waals surface area contributed by atoms with Gasteiger partial charge >= 0.3 is 0 Å². The molecule has 0 aliphatic carbocycles. The molecule has 1 aliphatic rings. The zero-order chi connectivity index (χ0) is 14.8. The molecule has 3 heterocycles. The Morgan fingerprint density at radius 1 is 1.38 bits per heavy atom. The number of aryl methyl sites for hydroxylation is 1. The normalized spacial score (nSPS) is 18.0. The van der Waals surface area contributed by atoms with Gasteiger partial charge in [0.05, 0.1) is 6.54 Å². The first-order chi connectivity index (χ1) is 10.1. The first kappa shape index (κ1) is 14.5. The highest BCUT2D eigenvalue weighted by molar-refractivity contribution is 7.09. The van der Waals surface area contributed by atoms with Crippen molar-refractivity contribution in [2.24, 2.45) is 5.92 Å². The lowest BCUT2D eigenvalue weighted by Crippen LogP contribution is -2.31. The largest absolute Gasteiger partial charge is 0.353 e. The first-order valence-electron chi connectivity index (χ1n) is 7.30. The van der Waals surface area contributed by atoms with Crippen molar-refractivity contribution in [3.05, 3.63) is 24.0 Å². The van der Waals surface area contributed by atoms with Crippen molar-refractivity contribution < 1.29 is 0 Å². The molecule has 0 amide bonds.